The molecule has 11 nitrogen and oxygen atoms in total. The summed E-state index contributed by atoms with van der Waals surface area (Å²) in [5.41, 5.74) is 0.434. The van der Waals surface area contributed by atoms with Crippen LogP contribution in [0.3, 0.4) is 0 Å². The molecule has 1 amide bonds. The Morgan fingerprint density at radius 1 is 0.933 bits per heavy atom. The molecule has 4 rings (SSSR count). The Labute approximate surface area is 177 Å². The van der Waals surface area contributed by atoms with E-state index in [1.807, 2.05) is 7.05 Å². The summed E-state index contributed by atoms with van der Waals surface area (Å²) in [6.45, 7) is 3.76. The first-order valence-corrected chi connectivity index (χ1v) is 12.9. The van der Waals surface area contributed by atoms with Crippen molar-refractivity contribution in [1.82, 2.24) is 23.3 Å². The van der Waals surface area contributed by atoms with Gasteiger partial charge in [-0.3, -0.25) is 4.79 Å². The smallest absolute Gasteiger partial charge is 0.282 e. The molecule has 0 aliphatic carbocycles. The molecule has 0 aromatic heterocycles. The highest BCUT2D eigenvalue weighted by atomic mass is 32.2. The fourth-order valence-corrected chi connectivity index (χ4v) is 6.36. The number of likely N-dealkylation sites (N-methyl/N-ethyl adjacent to an activating group) is 1. The maximum atomic E-state index is 12.9. The standard InChI is InChI=1S/C17H26N6O5S2/c1-19-4-8-22(9-5-19)30(27,28)23-10-6-20(7-11-23)17(24)15-2-3-16-18-29(25,26)13-12-21(16)14-15/h2-3,14H,4-13H2,1H3. The number of hydrogen-bond acceptors (Lipinski definition) is 7. The van der Waals surface area contributed by atoms with Crippen LogP contribution in [0.1, 0.15) is 0 Å². The van der Waals surface area contributed by atoms with Gasteiger partial charge in [-0.1, -0.05) is 0 Å². The van der Waals surface area contributed by atoms with Gasteiger partial charge in [-0.25, -0.2) is 8.42 Å². The van der Waals surface area contributed by atoms with Gasteiger partial charge in [0.2, 0.25) is 0 Å². The maximum absolute atomic E-state index is 12.9. The van der Waals surface area contributed by atoms with Crippen molar-refractivity contribution in [3.8, 4) is 0 Å². The summed E-state index contributed by atoms with van der Waals surface area (Å²) >= 11 is 0. The third-order valence-electron chi connectivity index (χ3n) is 5.71. The summed E-state index contributed by atoms with van der Waals surface area (Å²) in [7, 11) is -4.99. The molecule has 30 heavy (non-hydrogen) atoms. The number of carbonyl (C=O) groups excluding carboxylic acids is 1. The molecule has 4 aliphatic heterocycles. The number of amides is 1. The van der Waals surface area contributed by atoms with Crippen LogP contribution in [-0.4, -0.2) is 124 Å². The van der Waals surface area contributed by atoms with Crippen molar-refractivity contribution >= 4 is 32.0 Å². The third kappa shape index (κ3) is 4.30. The van der Waals surface area contributed by atoms with Crippen LogP contribution < -0.4 is 0 Å². The number of sulfonamides is 1. The lowest BCUT2D eigenvalue weighted by atomic mass is 10.1. The average Bonchev–Trinajstić information content (AvgIpc) is 2.72. The van der Waals surface area contributed by atoms with Crippen molar-refractivity contribution < 1.29 is 21.6 Å². The first-order valence-electron chi connectivity index (χ1n) is 9.88. The first kappa shape index (κ1) is 21.4. The minimum atomic E-state index is -3.52. The van der Waals surface area contributed by atoms with E-state index < -0.39 is 20.2 Å². The van der Waals surface area contributed by atoms with Crippen molar-refractivity contribution in [2.75, 3.05) is 71.7 Å². The molecular formula is C17H26N6O5S2. The molecule has 0 atom stereocenters. The third-order valence-corrected chi connectivity index (χ3v) is 8.91. The quantitative estimate of drug-likeness (QED) is 0.486. The van der Waals surface area contributed by atoms with Crippen LogP contribution in [0.2, 0.25) is 0 Å². The van der Waals surface area contributed by atoms with E-state index in [2.05, 4.69) is 9.30 Å². The highest BCUT2D eigenvalue weighted by molar-refractivity contribution is 7.90. The molecule has 166 valence electrons. The normalized spacial score (nSPS) is 26.2. The highest BCUT2D eigenvalue weighted by Crippen LogP contribution is 2.19. The lowest BCUT2D eigenvalue weighted by Gasteiger charge is -2.39. The predicted octanol–water partition coefficient (Wildman–Crippen LogP) is -1.88. The highest BCUT2D eigenvalue weighted by Gasteiger charge is 2.35. The van der Waals surface area contributed by atoms with Gasteiger partial charge in [-0.15, -0.1) is 4.40 Å². The topological polar surface area (TPSA) is 114 Å². The molecule has 2 saturated heterocycles. The number of hydrogen-bond donors (Lipinski definition) is 0. The first-order chi connectivity index (χ1) is 14.2. The summed E-state index contributed by atoms with van der Waals surface area (Å²) in [4.78, 5) is 18.3. The zero-order valence-corrected chi connectivity index (χ0v) is 18.5. The monoisotopic (exact) mass is 458 g/mol. The number of amidine groups is 1. The second-order valence-corrected chi connectivity index (χ2v) is 11.4. The van der Waals surface area contributed by atoms with E-state index in [1.54, 1.807) is 22.1 Å². The Morgan fingerprint density at radius 2 is 1.53 bits per heavy atom. The summed E-state index contributed by atoms with van der Waals surface area (Å²) in [6.07, 6.45) is 4.70. The number of rotatable bonds is 3. The van der Waals surface area contributed by atoms with Crippen LogP contribution in [0.4, 0.5) is 0 Å². The Hall–Kier alpha value is -1.80. The van der Waals surface area contributed by atoms with Crippen LogP contribution in [0.5, 0.6) is 0 Å². The van der Waals surface area contributed by atoms with Gasteiger partial charge in [0.15, 0.2) is 0 Å². The number of fused-ring (bicyclic) bond motifs is 1. The van der Waals surface area contributed by atoms with Crippen LogP contribution in [-0.2, 0) is 25.0 Å². The number of nitrogens with zero attached hydrogens (tertiary/aromatic N) is 6. The van der Waals surface area contributed by atoms with Crippen molar-refractivity contribution in [3.63, 3.8) is 0 Å². The van der Waals surface area contributed by atoms with Crippen molar-refractivity contribution in [2.45, 2.75) is 0 Å². The van der Waals surface area contributed by atoms with Gasteiger partial charge in [0.1, 0.15) is 5.84 Å². The van der Waals surface area contributed by atoms with Crippen LogP contribution >= 0.6 is 0 Å². The Bertz CT molecular complexity index is 1000. The molecule has 4 heterocycles. The molecular weight excluding hydrogens is 432 g/mol. The molecule has 0 radical (unpaired) electrons. The summed E-state index contributed by atoms with van der Waals surface area (Å²) < 4.78 is 55.6. The molecule has 2 fully saturated rings. The van der Waals surface area contributed by atoms with Crippen molar-refractivity contribution in [3.05, 3.63) is 23.9 Å². The fourth-order valence-electron chi connectivity index (χ4n) is 3.81. The second-order valence-electron chi connectivity index (χ2n) is 7.75. The summed E-state index contributed by atoms with van der Waals surface area (Å²) in [5.74, 6) is 0.0155. The van der Waals surface area contributed by atoms with E-state index in [0.717, 1.165) is 0 Å². The van der Waals surface area contributed by atoms with E-state index in [0.29, 0.717) is 50.7 Å². The SMILES string of the molecule is CN1CCN(S(=O)(=O)N2CCN(C(=O)C3=CN4CCS(=O)(=O)N=C4C=C3)CC2)CC1. The van der Waals surface area contributed by atoms with Crippen molar-refractivity contribution in [2.24, 2.45) is 4.40 Å². The molecule has 0 saturated carbocycles. The van der Waals surface area contributed by atoms with Gasteiger partial charge in [-0.2, -0.15) is 17.0 Å². The molecule has 4 aliphatic rings. The summed E-state index contributed by atoms with van der Waals surface area (Å²) in [5, 5.41) is 0. The van der Waals surface area contributed by atoms with E-state index in [4.69, 9.17) is 0 Å². The van der Waals surface area contributed by atoms with E-state index in [9.17, 15) is 21.6 Å². The molecule has 13 heteroatoms. The molecule has 0 unspecified atom stereocenters. The van der Waals surface area contributed by atoms with E-state index in [1.165, 1.54) is 14.7 Å². The second kappa shape index (κ2) is 8.04. The Morgan fingerprint density at radius 3 is 2.17 bits per heavy atom. The number of carbonyl (C=O) groups is 1. The van der Waals surface area contributed by atoms with Gasteiger partial charge in [0, 0.05) is 65.1 Å². The summed E-state index contributed by atoms with van der Waals surface area (Å²) in [6, 6.07) is 0. The minimum Gasteiger partial charge on any atom is -0.336 e. The van der Waals surface area contributed by atoms with Gasteiger partial charge >= 0.3 is 0 Å². The van der Waals surface area contributed by atoms with Gasteiger partial charge in [0.05, 0.1) is 11.3 Å². The molecule has 0 bridgehead atoms. The average molecular weight is 459 g/mol. The zero-order valence-electron chi connectivity index (χ0n) is 16.8. The molecule has 0 aromatic carbocycles. The van der Waals surface area contributed by atoms with E-state index in [-0.39, 0.29) is 31.3 Å². The number of piperazine rings is 2. The zero-order chi connectivity index (χ0) is 21.5. The lowest BCUT2D eigenvalue weighted by Crippen LogP contribution is -2.57. The lowest BCUT2D eigenvalue weighted by molar-refractivity contribution is -0.128. The molecule has 0 N–H and O–H groups in total. The Kier molecular flexibility index (Phi) is 5.74. The minimum absolute atomic E-state index is 0.0921. The van der Waals surface area contributed by atoms with Crippen molar-refractivity contribution in [1.29, 1.82) is 0 Å². The Balaban J connectivity index is 1.37. The van der Waals surface area contributed by atoms with Gasteiger partial charge < -0.3 is 14.7 Å². The molecule has 0 spiro atoms. The fraction of sp³-hybridized carbons (Fsp3) is 0.647. The van der Waals surface area contributed by atoms with E-state index >= 15 is 0 Å². The van der Waals surface area contributed by atoms with Crippen LogP contribution in [0.25, 0.3) is 0 Å². The van der Waals surface area contributed by atoms with Gasteiger partial charge in [-0.05, 0) is 19.2 Å². The van der Waals surface area contributed by atoms with Crippen LogP contribution in [0.15, 0.2) is 28.3 Å². The maximum Gasteiger partial charge on any atom is 0.282 e. The largest absolute Gasteiger partial charge is 0.336 e. The van der Waals surface area contributed by atoms with Gasteiger partial charge in [0.25, 0.3) is 26.1 Å². The molecule has 0 aromatic rings. The predicted molar refractivity (Wildman–Crippen MR) is 111 cm³/mol. The van der Waals surface area contributed by atoms with Crippen LogP contribution in [0, 0.1) is 0 Å².